The average molecular weight is 252 g/mol. The number of benzene rings is 1. The fourth-order valence-electron chi connectivity index (χ4n) is 1.35. The predicted molar refractivity (Wildman–Crippen MR) is 57.1 cm³/mol. The molecule has 0 aliphatic carbocycles. The van der Waals surface area contributed by atoms with Gasteiger partial charge in [0.2, 0.25) is 0 Å². The van der Waals surface area contributed by atoms with Crippen molar-refractivity contribution in [3.63, 3.8) is 0 Å². The summed E-state index contributed by atoms with van der Waals surface area (Å²) in [5.74, 6) is -1.69. The van der Waals surface area contributed by atoms with Crippen LogP contribution in [0.15, 0.2) is 24.5 Å². The Kier molecular flexibility index (Phi) is 2.98. The fraction of sp³-hybridized carbons (Fsp3) is 0. The van der Waals surface area contributed by atoms with Crippen LogP contribution in [0.4, 0.5) is 8.78 Å². The molecule has 1 aromatic heterocycles. The van der Waals surface area contributed by atoms with Crippen LogP contribution < -0.4 is 0 Å². The van der Waals surface area contributed by atoms with Crippen molar-refractivity contribution >= 4 is 11.6 Å². The first-order chi connectivity index (χ1) is 8.15. The van der Waals surface area contributed by atoms with Gasteiger partial charge in [-0.3, -0.25) is 0 Å². The fourth-order valence-corrected chi connectivity index (χ4v) is 1.60. The van der Waals surface area contributed by atoms with Gasteiger partial charge in [-0.2, -0.15) is 5.26 Å². The van der Waals surface area contributed by atoms with Crippen molar-refractivity contribution in [1.82, 2.24) is 9.97 Å². The summed E-state index contributed by atoms with van der Waals surface area (Å²) in [6.45, 7) is 0. The first kappa shape index (κ1) is 11.4. The molecule has 2 rings (SSSR count). The Balaban J connectivity index is 2.74. The Morgan fingerprint density at radius 3 is 2.65 bits per heavy atom. The quantitative estimate of drug-likeness (QED) is 0.783. The van der Waals surface area contributed by atoms with E-state index in [9.17, 15) is 8.78 Å². The summed E-state index contributed by atoms with van der Waals surface area (Å²) in [7, 11) is 0. The lowest BCUT2D eigenvalue weighted by atomic mass is 10.1. The van der Waals surface area contributed by atoms with Crippen LogP contribution in [0.2, 0.25) is 5.02 Å². The summed E-state index contributed by atoms with van der Waals surface area (Å²) in [5, 5.41) is 8.64. The molecule has 0 spiro atoms. The van der Waals surface area contributed by atoms with Crippen LogP contribution in [0, 0.1) is 23.0 Å². The minimum absolute atomic E-state index is 0.0199. The normalized spacial score (nSPS) is 10.0. The van der Waals surface area contributed by atoms with Crippen LogP contribution in [0.3, 0.4) is 0 Å². The summed E-state index contributed by atoms with van der Waals surface area (Å²) < 4.78 is 27.3. The molecule has 84 valence electrons. The zero-order chi connectivity index (χ0) is 12.4. The maximum atomic E-state index is 13.7. The molecule has 0 saturated carbocycles. The van der Waals surface area contributed by atoms with Crippen LogP contribution in [-0.4, -0.2) is 9.97 Å². The lowest BCUT2D eigenvalue weighted by Crippen LogP contribution is -1.98. The molecule has 0 aliphatic rings. The van der Waals surface area contributed by atoms with Gasteiger partial charge in [-0.05, 0) is 12.1 Å². The lowest BCUT2D eigenvalue weighted by Gasteiger charge is -2.06. The minimum atomic E-state index is -0.984. The van der Waals surface area contributed by atoms with Crippen molar-refractivity contribution in [2.75, 3.05) is 0 Å². The average Bonchev–Trinajstić information content (AvgIpc) is 2.31. The molecular weight excluding hydrogens is 248 g/mol. The highest BCUT2D eigenvalue weighted by atomic mass is 35.5. The molecule has 0 saturated heterocycles. The molecule has 1 heterocycles. The number of nitrogens with zero attached hydrogens (tertiary/aromatic N) is 3. The molecule has 1 aromatic carbocycles. The molecule has 0 bridgehead atoms. The molecule has 0 atom stereocenters. The number of nitriles is 1. The molecule has 17 heavy (non-hydrogen) atoms. The lowest BCUT2D eigenvalue weighted by molar-refractivity contribution is 0.603. The maximum Gasteiger partial charge on any atom is 0.186 e. The predicted octanol–water partition coefficient (Wildman–Crippen LogP) is 2.95. The summed E-state index contributed by atoms with van der Waals surface area (Å²) in [6.07, 6.45) is 0.986. The molecule has 0 N–H and O–H groups in total. The van der Waals surface area contributed by atoms with Gasteiger partial charge in [-0.15, -0.1) is 0 Å². The number of aromatic nitrogens is 2. The van der Waals surface area contributed by atoms with E-state index in [1.807, 2.05) is 0 Å². The summed E-state index contributed by atoms with van der Waals surface area (Å²) in [4.78, 5) is 7.05. The second-order valence-corrected chi connectivity index (χ2v) is 3.50. The van der Waals surface area contributed by atoms with Gasteiger partial charge < -0.3 is 0 Å². The molecule has 0 unspecified atom stereocenters. The van der Waals surface area contributed by atoms with Gasteiger partial charge in [0.1, 0.15) is 23.9 Å². The number of halogens is 3. The Hall–Kier alpha value is -2.06. The van der Waals surface area contributed by atoms with Gasteiger partial charge in [0.15, 0.2) is 11.5 Å². The van der Waals surface area contributed by atoms with E-state index in [0.29, 0.717) is 0 Å². The molecule has 6 heteroatoms. The third-order valence-electron chi connectivity index (χ3n) is 2.09. The van der Waals surface area contributed by atoms with Crippen LogP contribution in [0.5, 0.6) is 0 Å². The van der Waals surface area contributed by atoms with E-state index < -0.39 is 17.3 Å². The number of hydrogen-bond donors (Lipinski definition) is 0. The standard InChI is InChI=1S/C11H4ClF2N3/c12-6-2-1-3-7(13)9(6)11-10(14)8(4-15)16-5-17-11/h1-3,5H. The first-order valence-corrected chi connectivity index (χ1v) is 4.88. The minimum Gasteiger partial charge on any atom is -0.233 e. The van der Waals surface area contributed by atoms with E-state index in [1.165, 1.54) is 12.1 Å². The smallest absolute Gasteiger partial charge is 0.186 e. The zero-order valence-corrected chi connectivity index (χ0v) is 9.04. The highest BCUT2D eigenvalue weighted by Gasteiger charge is 2.18. The van der Waals surface area contributed by atoms with Crippen LogP contribution in [-0.2, 0) is 0 Å². The largest absolute Gasteiger partial charge is 0.233 e. The zero-order valence-electron chi connectivity index (χ0n) is 8.28. The van der Waals surface area contributed by atoms with E-state index in [4.69, 9.17) is 16.9 Å². The molecular formula is C11H4ClF2N3. The van der Waals surface area contributed by atoms with E-state index in [0.717, 1.165) is 12.4 Å². The Labute approximate surface area is 100 Å². The van der Waals surface area contributed by atoms with Gasteiger partial charge in [-0.1, -0.05) is 17.7 Å². The Bertz CT molecular complexity index is 602. The first-order valence-electron chi connectivity index (χ1n) is 4.50. The van der Waals surface area contributed by atoms with Crippen molar-refractivity contribution < 1.29 is 8.78 Å². The molecule has 0 radical (unpaired) electrons. The molecule has 0 aliphatic heterocycles. The van der Waals surface area contributed by atoms with Gasteiger partial charge in [0.25, 0.3) is 0 Å². The monoisotopic (exact) mass is 251 g/mol. The summed E-state index contributed by atoms with van der Waals surface area (Å²) >= 11 is 5.78. The third kappa shape index (κ3) is 1.95. The van der Waals surface area contributed by atoms with E-state index >= 15 is 0 Å². The molecule has 3 nitrogen and oxygen atoms in total. The summed E-state index contributed by atoms with van der Waals surface area (Å²) in [6, 6.07) is 5.49. The van der Waals surface area contributed by atoms with Crippen molar-refractivity contribution in [2.24, 2.45) is 0 Å². The van der Waals surface area contributed by atoms with Gasteiger partial charge in [0, 0.05) is 0 Å². The second-order valence-electron chi connectivity index (χ2n) is 3.09. The third-order valence-corrected chi connectivity index (χ3v) is 2.41. The van der Waals surface area contributed by atoms with Crippen LogP contribution >= 0.6 is 11.6 Å². The van der Waals surface area contributed by atoms with Crippen molar-refractivity contribution in [3.05, 3.63) is 46.9 Å². The van der Waals surface area contributed by atoms with E-state index in [-0.39, 0.29) is 16.3 Å². The highest BCUT2D eigenvalue weighted by molar-refractivity contribution is 6.33. The van der Waals surface area contributed by atoms with Gasteiger partial charge in [-0.25, -0.2) is 18.7 Å². The number of rotatable bonds is 1. The van der Waals surface area contributed by atoms with E-state index in [2.05, 4.69) is 9.97 Å². The van der Waals surface area contributed by atoms with Crippen molar-refractivity contribution in [2.45, 2.75) is 0 Å². The molecule has 0 amide bonds. The van der Waals surface area contributed by atoms with Crippen molar-refractivity contribution in [1.29, 1.82) is 5.26 Å². The Morgan fingerprint density at radius 1 is 1.24 bits per heavy atom. The Morgan fingerprint density at radius 2 is 2.00 bits per heavy atom. The SMILES string of the molecule is N#Cc1ncnc(-c2c(F)cccc2Cl)c1F. The topological polar surface area (TPSA) is 49.6 Å². The highest BCUT2D eigenvalue weighted by Crippen LogP contribution is 2.30. The maximum absolute atomic E-state index is 13.7. The molecule has 2 aromatic rings. The molecule has 0 fully saturated rings. The van der Waals surface area contributed by atoms with E-state index in [1.54, 1.807) is 6.07 Å². The van der Waals surface area contributed by atoms with Crippen LogP contribution in [0.1, 0.15) is 5.69 Å². The summed E-state index contributed by atoms with van der Waals surface area (Å²) in [5.41, 5.74) is -0.945. The van der Waals surface area contributed by atoms with Crippen molar-refractivity contribution in [3.8, 4) is 17.3 Å². The van der Waals surface area contributed by atoms with Crippen LogP contribution in [0.25, 0.3) is 11.3 Å². The second kappa shape index (κ2) is 4.44. The number of hydrogen-bond acceptors (Lipinski definition) is 3. The van der Waals surface area contributed by atoms with Gasteiger partial charge >= 0.3 is 0 Å². The van der Waals surface area contributed by atoms with Gasteiger partial charge in [0.05, 0.1) is 10.6 Å².